The zero-order valence-corrected chi connectivity index (χ0v) is 8.24. The fraction of sp³-hybridized carbons (Fsp3) is 0.625. The van der Waals surface area contributed by atoms with Crippen LogP contribution in [0.3, 0.4) is 0 Å². The van der Waals surface area contributed by atoms with Crippen LogP contribution in [0.2, 0.25) is 0 Å². The van der Waals surface area contributed by atoms with E-state index in [1.807, 2.05) is 11.7 Å². The highest BCUT2D eigenvalue weighted by atomic mass is 35.5. The van der Waals surface area contributed by atoms with E-state index in [0.717, 1.165) is 19.5 Å². The number of rotatable bonds is 0. The van der Waals surface area contributed by atoms with Gasteiger partial charge in [0.2, 0.25) is 0 Å². The molecule has 1 aliphatic heterocycles. The van der Waals surface area contributed by atoms with Crippen LogP contribution < -0.4 is 5.32 Å². The van der Waals surface area contributed by atoms with Crippen LogP contribution in [0.5, 0.6) is 0 Å². The molecule has 0 bridgehead atoms. The Morgan fingerprint density at radius 2 is 2.25 bits per heavy atom. The van der Waals surface area contributed by atoms with Gasteiger partial charge in [0.1, 0.15) is 0 Å². The lowest BCUT2D eigenvalue weighted by atomic mass is 10.1. The summed E-state index contributed by atoms with van der Waals surface area (Å²) in [4.78, 5) is 0. The molecule has 1 aromatic rings. The quantitative estimate of drug-likeness (QED) is 0.651. The van der Waals surface area contributed by atoms with Crippen molar-refractivity contribution in [3.63, 3.8) is 0 Å². The molecule has 68 valence electrons. The lowest BCUT2D eigenvalue weighted by Crippen LogP contribution is -2.24. The van der Waals surface area contributed by atoms with E-state index in [1.54, 1.807) is 0 Å². The topological polar surface area (TPSA) is 29.9 Å². The van der Waals surface area contributed by atoms with Gasteiger partial charge in [-0.25, -0.2) is 0 Å². The summed E-state index contributed by atoms with van der Waals surface area (Å²) in [7, 11) is 2.01. The molecule has 0 saturated carbocycles. The second kappa shape index (κ2) is 3.46. The number of halogens is 1. The Balaban J connectivity index is 0.000000720. The highest BCUT2D eigenvalue weighted by Crippen LogP contribution is 2.15. The maximum absolute atomic E-state index is 4.37. The van der Waals surface area contributed by atoms with Gasteiger partial charge in [-0.15, -0.1) is 12.4 Å². The third-order valence-electron chi connectivity index (χ3n) is 2.32. The molecule has 1 aliphatic rings. The van der Waals surface area contributed by atoms with Crippen LogP contribution >= 0.6 is 12.4 Å². The average molecular weight is 188 g/mol. The van der Waals surface area contributed by atoms with Crippen LogP contribution in [0.15, 0.2) is 0 Å². The van der Waals surface area contributed by atoms with E-state index in [2.05, 4.69) is 17.3 Å². The van der Waals surface area contributed by atoms with Crippen molar-refractivity contribution in [2.75, 3.05) is 6.54 Å². The van der Waals surface area contributed by atoms with Crippen molar-refractivity contribution in [2.24, 2.45) is 7.05 Å². The number of hydrogen-bond acceptors (Lipinski definition) is 2. The molecule has 0 aliphatic carbocycles. The molecule has 2 rings (SSSR count). The van der Waals surface area contributed by atoms with Gasteiger partial charge in [-0.1, -0.05) is 0 Å². The monoisotopic (exact) mass is 187 g/mol. The molecule has 0 amide bonds. The molecule has 0 atom stereocenters. The van der Waals surface area contributed by atoms with Crippen LogP contribution in [0.25, 0.3) is 0 Å². The van der Waals surface area contributed by atoms with E-state index in [1.165, 1.54) is 17.0 Å². The number of fused-ring (bicyclic) bond motifs is 1. The number of aromatic nitrogens is 2. The highest BCUT2D eigenvalue weighted by Gasteiger charge is 2.15. The first kappa shape index (κ1) is 9.55. The number of nitrogens with zero attached hydrogens (tertiary/aromatic N) is 2. The Hall–Kier alpha value is -0.540. The molecule has 0 radical (unpaired) electrons. The van der Waals surface area contributed by atoms with Crippen molar-refractivity contribution in [1.29, 1.82) is 0 Å². The van der Waals surface area contributed by atoms with Gasteiger partial charge < -0.3 is 5.32 Å². The summed E-state index contributed by atoms with van der Waals surface area (Å²) < 4.78 is 1.98. The molecule has 0 unspecified atom stereocenters. The summed E-state index contributed by atoms with van der Waals surface area (Å²) in [5, 5.41) is 7.70. The van der Waals surface area contributed by atoms with Crippen LogP contribution in [0.4, 0.5) is 0 Å². The molecule has 0 fully saturated rings. The average Bonchev–Trinajstić information content (AvgIpc) is 2.30. The van der Waals surface area contributed by atoms with Gasteiger partial charge in [-0.3, -0.25) is 4.68 Å². The zero-order chi connectivity index (χ0) is 7.84. The molecule has 0 spiro atoms. The molecule has 4 heteroatoms. The van der Waals surface area contributed by atoms with E-state index in [9.17, 15) is 0 Å². The zero-order valence-electron chi connectivity index (χ0n) is 7.42. The van der Waals surface area contributed by atoms with Gasteiger partial charge in [-0.05, 0) is 25.5 Å². The second-order valence-corrected chi connectivity index (χ2v) is 3.06. The van der Waals surface area contributed by atoms with Crippen molar-refractivity contribution < 1.29 is 0 Å². The predicted octanol–water partition coefficient (Wildman–Crippen LogP) is 0.796. The standard InChI is InChI=1S/C8H13N3.ClH/c1-6-7-3-4-9-5-8(7)11(2)10-6;/h9H,3-5H2,1-2H3;1H. The minimum absolute atomic E-state index is 0. The van der Waals surface area contributed by atoms with Crippen LogP contribution in [-0.4, -0.2) is 16.3 Å². The van der Waals surface area contributed by atoms with E-state index in [-0.39, 0.29) is 12.4 Å². The van der Waals surface area contributed by atoms with E-state index >= 15 is 0 Å². The number of hydrogen-bond donors (Lipinski definition) is 1. The molecule has 0 saturated heterocycles. The van der Waals surface area contributed by atoms with Gasteiger partial charge in [0, 0.05) is 13.6 Å². The summed E-state index contributed by atoms with van der Waals surface area (Å²) in [6.45, 7) is 4.16. The summed E-state index contributed by atoms with van der Waals surface area (Å²) in [6.07, 6.45) is 1.13. The SMILES string of the molecule is Cc1nn(C)c2c1CCNC2.Cl. The molecule has 12 heavy (non-hydrogen) atoms. The third-order valence-corrected chi connectivity index (χ3v) is 2.32. The van der Waals surface area contributed by atoms with Crippen LogP contribution in [0.1, 0.15) is 17.0 Å². The Labute approximate surface area is 78.6 Å². The van der Waals surface area contributed by atoms with Crippen molar-refractivity contribution in [1.82, 2.24) is 15.1 Å². The Morgan fingerprint density at radius 1 is 1.50 bits per heavy atom. The van der Waals surface area contributed by atoms with Crippen LogP contribution in [0, 0.1) is 6.92 Å². The van der Waals surface area contributed by atoms with Crippen molar-refractivity contribution in [3.8, 4) is 0 Å². The lowest BCUT2D eigenvalue weighted by Gasteiger charge is -2.13. The van der Waals surface area contributed by atoms with E-state index < -0.39 is 0 Å². The highest BCUT2D eigenvalue weighted by molar-refractivity contribution is 5.85. The summed E-state index contributed by atoms with van der Waals surface area (Å²) >= 11 is 0. The number of aryl methyl sites for hydroxylation is 2. The molecule has 1 N–H and O–H groups in total. The molecular formula is C8H14ClN3. The minimum atomic E-state index is 0. The number of nitrogens with one attached hydrogen (secondary N) is 1. The van der Waals surface area contributed by atoms with E-state index in [4.69, 9.17) is 0 Å². The maximum Gasteiger partial charge on any atom is 0.0629 e. The molecular weight excluding hydrogens is 174 g/mol. The first-order valence-electron chi connectivity index (χ1n) is 4.01. The van der Waals surface area contributed by atoms with Gasteiger partial charge in [0.15, 0.2) is 0 Å². The largest absolute Gasteiger partial charge is 0.311 e. The molecule has 0 aromatic carbocycles. The van der Waals surface area contributed by atoms with Crippen molar-refractivity contribution >= 4 is 12.4 Å². The second-order valence-electron chi connectivity index (χ2n) is 3.06. The minimum Gasteiger partial charge on any atom is -0.311 e. The maximum atomic E-state index is 4.37. The Kier molecular flexibility index (Phi) is 2.75. The Morgan fingerprint density at radius 3 is 2.92 bits per heavy atom. The Bertz CT molecular complexity index is 254. The molecule has 3 nitrogen and oxygen atoms in total. The van der Waals surface area contributed by atoms with Gasteiger partial charge >= 0.3 is 0 Å². The van der Waals surface area contributed by atoms with Crippen molar-refractivity contribution in [3.05, 3.63) is 17.0 Å². The molecule has 2 heterocycles. The van der Waals surface area contributed by atoms with Gasteiger partial charge in [0.25, 0.3) is 0 Å². The fourth-order valence-corrected chi connectivity index (χ4v) is 1.72. The van der Waals surface area contributed by atoms with Crippen molar-refractivity contribution in [2.45, 2.75) is 19.9 Å². The summed E-state index contributed by atoms with van der Waals surface area (Å²) in [6, 6.07) is 0. The lowest BCUT2D eigenvalue weighted by molar-refractivity contribution is 0.593. The first-order valence-corrected chi connectivity index (χ1v) is 4.01. The molecule has 1 aromatic heterocycles. The van der Waals surface area contributed by atoms with Crippen LogP contribution in [-0.2, 0) is 20.0 Å². The van der Waals surface area contributed by atoms with Gasteiger partial charge in [0.05, 0.1) is 11.4 Å². The fourth-order valence-electron chi connectivity index (χ4n) is 1.72. The summed E-state index contributed by atoms with van der Waals surface area (Å²) in [5.74, 6) is 0. The smallest absolute Gasteiger partial charge is 0.0629 e. The normalized spacial score (nSPS) is 15.2. The van der Waals surface area contributed by atoms with Gasteiger partial charge in [-0.2, -0.15) is 5.10 Å². The summed E-state index contributed by atoms with van der Waals surface area (Å²) in [5.41, 5.74) is 4.00. The third kappa shape index (κ3) is 1.34. The predicted molar refractivity (Wildman–Crippen MR) is 50.6 cm³/mol. The van der Waals surface area contributed by atoms with E-state index in [0.29, 0.717) is 0 Å². The first-order chi connectivity index (χ1) is 5.29.